The molecule has 0 saturated carbocycles. The minimum absolute atomic E-state index is 0.731. The Balaban J connectivity index is 1.69. The molecule has 8 nitrogen and oxygen atoms in total. The first-order valence-corrected chi connectivity index (χ1v) is 7.82. The highest BCUT2D eigenvalue weighted by molar-refractivity contribution is 5.72. The molecule has 0 radical (unpaired) electrons. The van der Waals surface area contributed by atoms with Crippen LogP contribution in [0.5, 0.6) is 0 Å². The van der Waals surface area contributed by atoms with Crippen molar-refractivity contribution >= 4 is 5.65 Å². The van der Waals surface area contributed by atoms with Crippen LogP contribution in [-0.4, -0.2) is 39.1 Å². The average molecular weight is 322 g/mol. The van der Waals surface area contributed by atoms with Crippen molar-refractivity contribution in [2.75, 3.05) is 0 Å². The second-order valence-electron chi connectivity index (χ2n) is 5.90. The number of aromatic nitrogens is 8. The number of hydrogen-bond acceptors (Lipinski definition) is 5. The molecule has 0 aromatic carbocycles. The Labute approximate surface area is 138 Å². The van der Waals surface area contributed by atoms with E-state index >= 15 is 0 Å². The highest BCUT2D eigenvalue weighted by Crippen LogP contribution is 2.23. The Morgan fingerprint density at radius 1 is 1.08 bits per heavy atom. The van der Waals surface area contributed by atoms with E-state index in [1.807, 2.05) is 54.6 Å². The van der Waals surface area contributed by atoms with Crippen molar-refractivity contribution in [3.05, 3.63) is 47.9 Å². The standard InChI is InChI=1S/C16H18N8/c1-11-8-13(3)24-16(19-11)14(9-18-24)15-17-4-5-22(15)6-7-23-10-12(2)20-21-23/h4-5,8-10H,6-7H2,1-3H3. The van der Waals surface area contributed by atoms with Gasteiger partial charge in [0.1, 0.15) is 5.82 Å². The van der Waals surface area contributed by atoms with Gasteiger partial charge < -0.3 is 4.57 Å². The number of aryl methyl sites for hydroxylation is 5. The number of nitrogens with zero attached hydrogens (tertiary/aromatic N) is 8. The third-order valence-electron chi connectivity index (χ3n) is 3.96. The SMILES string of the molecule is Cc1cn(CCn2ccnc2-c2cnn3c(C)cc(C)nc23)nn1. The lowest BCUT2D eigenvalue weighted by molar-refractivity contribution is 0.522. The van der Waals surface area contributed by atoms with Gasteiger partial charge in [-0.05, 0) is 26.8 Å². The van der Waals surface area contributed by atoms with E-state index in [0.717, 1.165) is 47.2 Å². The molecule has 4 aromatic heterocycles. The summed E-state index contributed by atoms with van der Waals surface area (Å²) in [6.07, 6.45) is 7.52. The van der Waals surface area contributed by atoms with Gasteiger partial charge in [0.25, 0.3) is 0 Å². The maximum absolute atomic E-state index is 4.63. The van der Waals surface area contributed by atoms with Crippen molar-refractivity contribution in [2.45, 2.75) is 33.9 Å². The second-order valence-corrected chi connectivity index (χ2v) is 5.90. The van der Waals surface area contributed by atoms with Crippen molar-refractivity contribution in [1.29, 1.82) is 0 Å². The lowest BCUT2D eigenvalue weighted by Gasteiger charge is -2.07. The summed E-state index contributed by atoms with van der Waals surface area (Å²) in [7, 11) is 0. The third-order valence-corrected chi connectivity index (χ3v) is 3.96. The largest absolute Gasteiger partial charge is 0.329 e. The van der Waals surface area contributed by atoms with Crippen LogP contribution in [0, 0.1) is 20.8 Å². The molecule has 122 valence electrons. The van der Waals surface area contributed by atoms with Gasteiger partial charge >= 0.3 is 0 Å². The van der Waals surface area contributed by atoms with Gasteiger partial charge in [-0.1, -0.05) is 5.21 Å². The third kappa shape index (κ3) is 2.45. The van der Waals surface area contributed by atoms with Crippen LogP contribution in [0.1, 0.15) is 17.1 Å². The zero-order valence-corrected chi connectivity index (χ0v) is 13.9. The smallest absolute Gasteiger partial charge is 0.166 e. The highest BCUT2D eigenvalue weighted by atomic mass is 15.4. The molecule has 24 heavy (non-hydrogen) atoms. The molecule has 0 spiro atoms. The molecule has 0 N–H and O–H groups in total. The molecule has 8 heteroatoms. The monoisotopic (exact) mass is 322 g/mol. The van der Waals surface area contributed by atoms with Crippen LogP contribution in [-0.2, 0) is 13.1 Å². The van der Waals surface area contributed by atoms with E-state index in [1.165, 1.54) is 0 Å². The van der Waals surface area contributed by atoms with Crippen LogP contribution in [0.15, 0.2) is 30.9 Å². The topological polar surface area (TPSA) is 78.7 Å². The molecule has 0 aliphatic heterocycles. The van der Waals surface area contributed by atoms with Gasteiger partial charge in [-0.3, -0.25) is 4.68 Å². The van der Waals surface area contributed by atoms with Crippen molar-refractivity contribution in [1.82, 2.24) is 39.1 Å². The van der Waals surface area contributed by atoms with E-state index in [0.29, 0.717) is 0 Å². The Hall–Kier alpha value is -3.03. The first kappa shape index (κ1) is 14.6. The summed E-state index contributed by atoms with van der Waals surface area (Å²) in [5, 5.41) is 12.6. The molecule has 0 amide bonds. The molecular weight excluding hydrogens is 304 g/mol. The van der Waals surface area contributed by atoms with Crippen molar-refractivity contribution in [3.8, 4) is 11.4 Å². The quantitative estimate of drug-likeness (QED) is 0.572. The van der Waals surface area contributed by atoms with Gasteiger partial charge in [-0.2, -0.15) is 5.10 Å². The van der Waals surface area contributed by atoms with E-state index in [1.54, 1.807) is 6.20 Å². The van der Waals surface area contributed by atoms with Gasteiger partial charge in [0.15, 0.2) is 5.65 Å². The van der Waals surface area contributed by atoms with E-state index in [9.17, 15) is 0 Å². The lowest BCUT2D eigenvalue weighted by atomic mass is 10.3. The van der Waals surface area contributed by atoms with Crippen LogP contribution in [0.2, 0.25) is 0 Å². The van der Waals surface area contributed by atoms with Gasteiger partial charge in [-0.15, -0.1) is 5.10 Å². The van der Waals surface area contributed by atoms with E-state index in [2.05, 4.69) is 29.9 Å². The molecule has 4 aromatic rings. The zero-order valence-electron chi connectivity index (χ0n) is 13.9. The summed E-state index contributed by atoms with van der Waals surface area (Å²) in [5.74, 6) is 0.860. The molecule has 0 unspecified atom stereocenters. The van der Waals surface area contributed by atoms with E-state index in [4.69, 9.17) is 0 Å². The molecule has 0 fully saturated rings. The molecule has 0 aliphatic carbocycles. The predicted molar refractivity (Wildman–Crippen MR) is 88.4 cm³/mol. The average Bonchev–Trinajstić information content (AvgIpc) is 3.23. The maximum atomic E-state index is 4.63. The first-order chi connectivity index (χ1) is 11.6. The second kappa shape index (κ2) is 5.55. The molecular formula is C16H18N8. The van der Waals surface area contributed by atoms with Crippen molar-refractivity contribution in [3.63, 3.8) is 0 Å². The van der Waals surface area contributed by atoms with E-state index < -0.39 is 0 Å². The zero-order chi connectivity index (χ0) is 16.7. The van der Waals surface area contributed by atoms with Gasteiger partial charge in [-0.25, -0.2) is 14.5 Å². The molecule has 4 heterocycles. The van der Waals surface area contributed by atoms with Crippen LogP contribution in [0.3, 0.4) is 0 Å². The van der Waals surface area contributed by atoms with Crippen LogP contribution in [0.4, 0.5) is 0 Å². The molecule has 0 bridgehead atoms. The number of rotatable bonds is 4. The van der Waals surface area contributed by atoms with Gasteiger partial charge in [0.2, 0.25) is 0 Å². The predicted octanol–water partition coefficient (Wildman–Crippen LogP) is 1.81. The molecule has 0 aliphatic rings. The molecule has 4 rings (SSSR count). The fourth-order valence-electron chi connectivity index (χ4n) is 2.88. The van der Waals surface area contributed by atoms with Crippen molar-refractivity contribution < 1.29 is 0 Å². The van der Waals surface area contributed by atoms with E-state index in [-0.39, 0.29) is 0 Å². The van der Waals surface area contributed by atoms with Gasteiger partial charge in [0.05, 0.1) is 24.0 Å². The van der Waals surface area contributed by atoms with Crippen molar-refractivity contribution in [2.24, 2.45) is 0 Å². The summed E-state index contributed by atoms with van der Waals surface area (Å²) in [6, 6.07) is 2.02. The normalized spacial score (nSPS) is 11.5. The van der Waals surface area contributed by atoms with Crippen LogP contribution < -0.4 is 0 Å². The van der Waals surface area contributed by atoms with Crippen LogP contribution >= 0.6 is 0 Å². The summed E-state index contributed by atoms with van der Waals surface area (Å²) in [6.45, 7) is 7.43. The molecule has 0 saturated heterocycles. The number of hydrogen-bond donors (Lipinski definition) is 0. The minimum Gasteiger partial charge on any atom is -0.329 e. The number of imidazole rings is 1. The van der Waals surface area contributed by atoms with Crippen LogP contribution in [0.25, 0.3) is 17.0 Å². The Morgan fingerprint density at radius 2 is 1.96 bits per heavy atom. The Bertz CT molecular complexity index is 1010. The first-order valence-electron chi connectivity index (χ1n) is 7.82. The van der Waals surface area contributed by atoms with Gasteiger partial charge in [0, 0.05) is 36.5 Å². The minimum atomic E-state index is 0.731. The Kier molecular flexibility index (Phi) is 3.37. The summed E-state index contributed by atoms with van der Waals surface area (Å²) in [5.41, 5.74) is 4.70. The Morgan fingerprint density at radius 3 is 2.75 bits per heavy atom. The maximum Gasteiger partial charge on any atom is 0.166 e. The summed E-state index contributed by atoms with van der Waals surface area (Å²) in [4.78, 5) is 9.14. The summed E-state index contributed by atoms with van der Waals surface area (Å²) < 4.78 is 5.78. The lowest BCUT2D eigenvalue weighted by Crippen LogP contribution is -2.08. The highest BCUT2D eigenvalue weighted by Gasteiger charge is 2.15. The number of fused-ring (bicyclic) bond motifs is 1. The molecule has 0 atom stereocenters. The summed E-state index contributed by atoms with van der Waals surface area (Å²) >= 11 is 0. The fourth-order valence-corrected chi connectivity index (χ4v) is 2.88. The fraction of sp³-hybridized carbons (Fsp3) is 0.312.